The van der Waals surface area contributed by atoms with Crippen LogP contribution in [-0.2, 0) is 0 Å². The lowest BCUT2D eigenvalue weighted by molar-refractivity contribution is -0.384. The monoisotopic (exact) mass is 234 g/mol. The lowest BCUT2D eigenvalue weighted by atomic mass is 10.4. The van der Waals surface area contributed by atoms with Crippen LogP contribution in [0.1, 0.15) is 10.5 Å². The fraction of sp³-hybridized carbons (Fsp3) is 0. The zero-order valence-corrected chi connectivity index (χ0v) is 8.35. The molecule has 86 valence electrons. The van der Waals surface area contributed by atoms with Crippen LogP contribution in [0.4, 0.5) is 5.69 Å². The van der Waals surface area contributed by atoms with Crippen LogP contribution < -0.4 is 0 Å². The van der Waals surface area contributed by atoms with E-state index in [0.29, 0.717) is 0 Å². The summed E-state index contributed by atoms with van der Waals surface area (Å²) < 4.78 is 1.20. The van der Waals surface area contributed by atoms with Crippen LogP contribution >= 0.6 is 0 Å². The summed E-state index contributed by atoms with van der Waals surface area (Å²) in [5.74, 6) is -1.18. The van der Waals surface area contributed by atoms with Gasteiger partial charge in [-0.1, -0.05) is 0 Å². The van der Waals surface area contributed by atoms with E-state index in [1.165, 1.54) is 29.2 Å². The summed E-state index contributed by atoms with van der Waals surface area (Å²) >= 11 is 0. The van der Waals surface area contributed by atoms with Gasteiger partial charge in [0.15, 0.2) is 5.69 Å². The molecule has 0 radical (unpaired) electrons. The Morgan fingerprint density at radius 1 is 1.47 bits per heavy atom. The van der Waals surface area contributed by atoms with E-state index in [1.54, 1.807) is 0 Å². The number of aromatic nitrogens is 3. The minimum absolute atomic E-state index is 0.0255. The average Bonchev–Trinajstić information content (AvgIpc) is 2.78. The molecule has 0 atom stereocenters. The molecule has 2 aromatic heterocycles. The van der Waals surface area contributed by atoms with E-state index in [4.69, 9.17) is 5.11 Å². The summed E-state index contributed by atoms with van der Waals surface area (Å²) in [7, 11) is 0. The number of aromatic carboxylic acids is 1. The minimum Gasteiger partial charge on any atom is -0.476 e. The number of nitrogens with zero attached hydrogens (tertiary/aromatic N) is 4. The predicted octanol–water partition coefficient (Wildman–Crippen LogP) is 0.874. The van der Waals surface area contributed by atoms with Gasteiger partial charge in [0.1, 0.15) is 6.33 Å². The maximum absolute atomic E-state index is 10.8. The molecule has 8 nitrogen and oxygen atoms in total. The SMILES string of the molecule is O=C(O)c1cn(-c2ncccc2[N+](=O)[O-])cn1. The first kappa shape index (κ1) is 10.7. The highest BCUT2D eigenvalue weighted by Crippen LogP contribution is 2.19. The van der Waals surface area contributed by atoms with E-state index in [2.05, 4.69) is 9.97 Å². The number of rotatable bonds is 3. The Morgan fingerprint density at radius 3 is 2.82 bits per heavy atom. The molecular weight excluding hydrogens is 228 g/mol. The first-order chi connectivity index (χ1) is 8.09. The van der Waals surface area contributed by atoms with E-state index in [0.717, 1.165) is 6.20 Å². The zero-order chi connectivity index (χ0) is 12.4. The molecule has 8 heteroatoms. The molecule has 0 unspecified atom stereocenters. The van der Waals surface area contributed by atoms with Crippen molar-refractivity contribution in [1.82, 2.24) is 14.5 Å². The molecule has 0 aliphatic heterocycles. The highest BCUT2D eigenvalue weighted by atomic mass is 16.6. The number of imidazole rings is 1. The molecule has 2 heterocycles. The first-order valence-electron chi connectivity index (χ1n) is 4.46. The van der Waals surface area contributed by atoms with Gasteiger partial charge in [0.25, 0.3) is 0 Å². The Morgan fingerprint density at radius 2 is 2.24 bits per heavy atom. The summed E-state index contributed by atoms with van der Waals surface area (Å²) in [6.45, 7) is 0. The zero-order valence-electron chi connectivity index (χ0n) is 8.35. The van der Waals surface area contributed by atoms with Gasteiger partial charge in [0.2, 0.25) is 5.82 Å². The van der Waals surface area contributed by atoms with Gasteiger partial charge < -0.3 is 5.11 Å². The molecule has 2 aromatic rings. The van der Waals surface area contributed by atoms with Crippen LogP contribution in [-0.4, -0.2) is 30.5 Å². The van der Waals surface area contributed by atoms with Crippen LogP contribution in [0.2, 0.25) is 0 Å². The number of hydrogen-bond acceptors (Lipinski definition) is 5. The molecule has 0 saturated carbocycles. The fourth-order valence-corrected chi connectivity index (χ4v) is 1.28. The van der Waals surface area contributed by atoms with Gasteiger partial charge >= 0.3 is 11.7 Å². The maximum atomic E-state index is 10.8. The number of carboxylic acid groups (broad SMARTS) is 1. The van der Waals surface area contributed by atoms with Crippen LogP contribution in [0.25, 0.3) is 5.82 Å². The quantitative estimate of drug-likeness (QED) is 0.623. The van der Waals surface area contributed by atoms with Gasteiger partial charge in [-0.15, -0.1) is 0 Å². The van der Waals surface area contributed by atoms with E-state index < -0.39 is 10.9 Å². The molecule has 0 spiro atoms. The highest BCUT2D eigenvalue weighted by molar-refractivity contribution is 5.85. The third-order valence-electron chi connectivity index (χ3n) is 2.01. The van der Waals surface area contributed by atoms with E-state index in [9.17, 15) is 14.9 Å². The van der Waals surface area contributed by atoms with Gasteiger partial charge in [-0.25, -0.2) is 14.8 Å². The molecular formula is C9H6N4O4. The second-order valence-electron chi connectivity index (χ2n) is 3.07. The van der Waals surface area contributed by atoms with Crippen LogP contribution in [0.3, 0.4) is 0 Å². The van der Waals surface area contributed by atoms with Gasteiger partial charge in [-0.3, -0.25) is 14.7 Å². The van der Waals surface area contributed by atoms with Crippen molar-refractivity contribution < 1.29 is 14.8 Å². The lowest BCUT2D eigenvalue weighted by Crippen LogP contribution is -2.01. The van der Waals surface area contributed by atoms with Crippen molar-refractivity contribution in [2.45, 2.75) is 0 Å². The Kier molecular flexibility index (Phi) is 2.53. The summed E-state index contributed by atoms with van der Waals surface area (Å²) in [5.41, 5.74) is -0.424. The molecule has 0 aromatic carbocycles. The Balaban J connectivity index is 2.52. The predicted molar refractivity (Wildman–Crippen MR) is 55.0 cm³/mol. The molecule has 0 aliphatic carbocycles. The van der Waals surface area contributed by atoms with Crippen molar-refractivity contribution in [1.29, 1.82) is 0 Å². The van der Waals surface area contributed by atoms with E-state index in [1.807, 2.05) is 0 Å². The Hall–Kier alpha value is -2.77. The smallest absolute Gasteiger partial charge is 0.356 e. The fourth-order valence-electron chi connectivity index (χ4n) is 1.28. The third-order valence-corrected chi connectivity index (χ3v) is 2.01. The lowest BCUT2D eigenvalue weighted by Gasteiger charge is -2.00. The van der Waals surface area contributed by atoms with E-state index >= 15 is 0 Å². The number of carbonyl (C=O) groups is 1. The second-order valence-corrected chi connectivity index (χ2v) is 3.07. The summed E-state index contributed by atoms with van der Waals surface area (Å²) in [4.78, 5) is 28.2. The maximum Gasteiger partial charge on any atom is 0.356 e. The van der Waals surface area contributed by atoms with Gasteiger partial charge in [0, 0.05) is 18.5 Å². The van der Waals surface area contributed by atoms with Crippen molar-refractivity contribution >= 4 is 11.7 Å². The normalized spacial score (nSPS) is 10.1. The second kappa shape index (κ2) is 4.00. The van der Waals surface area contributed by atoms with Crippen molar-refractivity contribution in [3.63, 3.8) is 0 Å². The molecule has 0 aliphatic rings. The number of pyridine rings is 1. The van der Waals surface area contributed by atoms with Gasteiger partial charge in [-0.05, 0) is 6.07 Å². The standard InChI is InChI=1S/C9H6N4O4/c14-9(15)6-4-12(5-11-6)8-7(13(16)17)2-1-3-10-8/h1-5H,(H,14,15). The van der Waals surface area contributed by atoms with Crippen molar-refractivity contribution in [2.75, 3.05) is 0 Å². The molecule has 0 bridgehead atoms. The van der Waals surface area contributed by atoms with Crippen LogP contribution in [0.15, 0.2) is 30.9 Å². The van der Waals surface area contributed by atoms with Crippen molar-refractivity contribution in [2.24, 2.45) is 0 Å². The Labute approximate surface area is 94.3 Å². The molecule has 0 amide bonds. The highest BCUT2D eigenvalue weighted by Gasteiger charge is 2.17. The molecule has 0 fully saturated rings. The van der Waals surface area contributed by atoms with Crippen molar-refractivity contribution in [3.8, 4) is 5.82 Å². The molecule has 0 saturated heterocycles. The van der Waals surface area contributed by atoms with Crippen LogP contribution in [0.5, 0.6) is 0 Å². The minimum atomic E-state index is -1.21. The average molecular weight is 234 g/mol. The summed E-state index contributed by atoms with van der Waals surface area (Å²) in [6.07, 6.45) is 3.71. The first-order valence-corrected chi connectivity index (χ1v) is 4.46. The van der Waals surface area contributed by atoms with Crippen molar-refractivity contribution in [3.05, 3.63) is 46.7 Å². The third kappa shape index (κ3) is 1.95. The van der Waals surface area contributed by atoms with Crippen LogP contribution in [0, 0.1) is 10.1 Å². The topological polar surface area (TPSA) is 111 Å². The number of hydrogen-bond donors (Lipinski definition) is 1. The van der Waals surface area contributed by atoms with E-state index in [-0.39, 0.29) is 17.2 Å². The molecule has 2 rings (SSSR count). The summed E-state index contributed by atoms with van der Waals surface area (Å²) in [5, 5.41) is 19.4. The largest absolute Gasteiger partial charge is 0.476 e. The Bertz CT molecular complexity index is 592. The van der Waals surface area contributed by atoms with Gasteiger partial charge in [-0.2, -0.15) is 0 Å². The number of nitro groups is 1. The molecule has 1 N–H and O–H groups in total. The molecule has 17 heavy (non-hydrogen) atoms. The summed E-state index contributed by atoms with van der Waals surface area (Å²) in [6, 6.07) is 2.71. The van der Waals surface area contributed by atoms with Gasteiger partial charge in [0.05, 0.1) is 4.92 Å². The number of carboxylic acids is 1.